The SMILES string of the molecule is Nc1ccccc1N1C[C@@H]2CCC[C@@]2(CO)C1. The average molecular weight is 232 g/mol. The summed E-state index contributed by atoms with van der Waals surface area (Å²) in [5, 5.41) is 9.70. The van der Waals surface area contributed by atoms with Crippen molar-refractivity contribution in [3.05, 3.63) is 24.3 Å². The third-order valence-corrected chi connectivity index (χ3v) is 4.63. The minimum atomic E-state index is 0.141. The maximum atomic E-state index is 9.70. The molecular formula is C14H20N2O. The maximum Gasteiger partial charge on any atom is 0.0600 e. The standard InChI is InChI=1S/C14H20N2O/c15-12-5-1-2-6-13(12)16-8-11-4-3-7-14(11,9-16)10-17/h1-2,5-6,11,17H,3-4,7-10,15H2/t11-,14-/m0/s1. The van der Waals surface area contributed by atoms with Crippen molar-refractivity contribution in [2.75, 3.05) is 30.3 Å². The molecule has 0 radical (unpaired) electrons. The van der Waals surface area contributed by atoms with Gasteiger partial charge in [0.05, 0.1) is 18.0 Å². The second kappa shape index (κ2) is 3.91. The molecule has 3 N–H and O–H groups in total. The molecule has 0 spiro atoms. The minimum absolute atomic E-state index is 0.141. The predicted octanol–water partition coefficient (Wildman–Crippen LogP) is 1.87. The first kappa shape index (κ1) is 10.9. The van der Waals surface area contributed by atoms with Crippen molar-refractivity contribution in [2.24, 2.45) is 11.3 Å². The highest BCUT2D eigenvalue weighted by atomic mass is 16.3. The zero-order valence-corrected chi connectivity index (χ0v) is 10.1. The second-order valence-corrected chi connectivity index (χ2v) is 5.55. The summed E-state index contributed by atoms with van der Waals surface area (Å²) in [7, 11) is 0. The number of para-hydroxylation sites is 2. The van der Waals surface area contributed by atoms with Gasteiger partial charge in [-0.1, -0.05) is 18.6 Å². The van der Waals surface area contributed by atoms with Crippen molar-refractivity contribution in [3.63, 3.8) is 0 Å². The largest absolute Gasteiger partial charge is 0.397 e. The van der Waals surface area contributed by atoms with Gasteiger partial charge in [-0.05, 0) is 30.9 Å². The van der Waals surface area contributed by atoms with Gasteiger partial charge >= 0.3 is 0 Å². The Hall–Kier alpha value is -1.22. The zero-order valence-electron chi connectivity index (χ0n) is 10.1. The van der Waals surface area contributed by atoms with Crippen molar-refractivity contribution in [1.82, 2.24) is 0 Å². The molecule has 1 aliphatic heterocycles. The summed E-state index contributed by atoms with van der Waals surface area (Å²) in [5.74, 6) is 0.645. The Bertz CT molecular complexity index is 420. The van der Waals surface area contributed by atoms with Gasteiger partial charge in [-0.3, -0.25) is 0 Å². The van der Waals surface area contributed by atoms with Crippen molar-refractivity contribution < 1.29 is 5.11 Å². The van der Waals surface area contributed by atoms with Crippen LogP contribution in [0.1, 0.15) is 19.3 Å². The van der Waals surface area contributed by atoms with Crippen LogP contribution in [-0.4, -0.2) is 24.8 Å². The number of anilines is 2. The number of aliphatic hydroxyl groups is 1. The highest BCUT2D eigenvalue weighted by molar-refractivity contribution is 5.68. The summed E-state index contributed by atoms with van der Waals surface area (Å²) in [4.78, 5) is 2.36. The molecule has 1 aliphatic carbocycles. The van der Waals surface area contributed by atoms with Crippen LogP contribution >= 0.6 is 0 Å². The molecule has 0 aromatic heterocycles. The Kier molecular flexibility index (Phi) is 2.51. The third-order valence-electron chi connectivity index (χ3n) is 4.63. The number of aliphatic hydroxyl groups excluding tert-OH is 1. The van der Waals surface area contributed by atoms with E-state index in [-0.39, 0.29) is 5.41 Å². The molecule has 1 heterocycles. The number of benzene rings is 1. The summed E-state index contributed by atoms with van der Waals surface area (Å²) >= 11 is 0. The summed E-state index contributed by atoms with van der Waals surface area (Å²) < 4.78 is 0. The van der Waals surface area contributed by atoms with E-state index >= 15 is 0 Å². The summed E-state index contributed by atoms with van der Waals surface area (Å²) in [5.41, 5.74) is 8.15. The molecule has 1 saturated heterocycles. The molecule has 3 nitrogen and oxygen atoms in total. The molecule has 2 aliphatic rings. The third kappa shape index (κ3) is 1.61. The first-order valence-electron chi connectivity index (χ1n) is 6.45. The van der Waals surface area contributed by atoms with E-state index in [1.54, 1.807) is 0 Å². The van der Waals surface area contributed by atoms with Gasteiger partial charge in [-0.15, -0.1) is 0 Å². The fourth-order valence-corrected chi connectivity index (χ4v) is 3.63. The van der Waals surface area contributed by atoms with Crippen LogP contribution < -0.4 is 10.6 Å². The molecule has 0 amide bonds. The molecule has 0 unspecified atom stereocenters. The molecule has 2 fully saturated rings. The Morgan fingerprint density at radius 3 is 2.94 bits per heavy atom. The summed E-state index contributed by atoms with van der Waals surface area (Å²) in [6, 6.07) is 8.04. The van der Waals surface area contributed by atoms with Crippen molar-refractivity contribution in [1.29, 1.82) is 0 Å². The van der Waals surface area contributed by atoms with Gasteiger partial charge in [0, 0.05) is 18.5 Å². The average Bonchev–Trinajstić information content (AvgIpc) is 2.86. The van der Waals surface area contributed by atoms with Gasteiger partial charge in [0.2, 0.25) is 0 Å². The van der Waals surface area contributed by atoms with E-state index in [0.29, 0.717) is 12.5 Å². The summed E-state index contributed by atoms with van der Waals surface area (Å²) in [6.45, 7) is 2.33. The van der Waals surface area contributed by atoms with E-state index in [1.165, 1.54) is 12.8 Å². The van der Waals surface area contributed by atoms with Crippen molar-refractivity contribution in [2.45, 2.75) is 19.3 Å². The number of fused-ring (bicyclic) bond motifs is 1. The van der Waals surface area contributed by atoms with Crippen LogP contribution in [0.3, 0.4) is 0 Å². The normalized spacial score (nSPS) is 31.8. The smallest absolute Gasteiger partial charge is 0.0600 e. The Morgan fingerprint density at radius 1 is 1.41 bits per heavy atom. The quantitative estimate of drug-likeness (QED) is 0.765. The van der Waals surface area contributed by atoms with Crippen molar-refractivity contribution in [3.8, 4) is 0 Å². The Labute approximate surface area is 102 Å². The van der Waals surface area contributed by atoms with Gasteiger partial charge in [0.25, 0.3) is 0 Å². The highest BCUT2D eigenvalue weighted by Crippen LogP contribution is 2.49. The van der Waals surface area contributed by atoms with E-state index in [2.05, 4.69) is 11.0 Å². The molecule has 17 heavy (non-hydrogen) atoms. The Morgan fingerprint density at radius 2 is 2.24 bits per heavy atom. The van der Waals surface area contributed by atoms with E-state index in [4.69, 9.17) is 5.73 Å². The molecule has 3 heteroatoms. The van der Waals surface area contributed by atoms with Gasteiger partial charge in [0.15, 0.2) is 0 Å². The minimum Gasteiger partial charge on any atom is -0.397 e. The molecule has 2 atom stereocenters. The van der Waals surface area contributed by atoms with Gasteiger partial charge in [0.1, 0.15) is 0 Å². The highest BCUT2D eigenvalue weighted by Gasteiger charge is 2.49. The first-order chi connectivity index (χ1) is 8.25. The second-order valence-electron chi connectivity index (χ2n) is 5.55. The topological polar surface area (TPSA) is 49.5 Å². The van der Waals surface area contributed by atoms with Crippen LogP contribution in [0.25, 0.3) is 0 Å². The molecule has 0 bridgehead atoms. The monoisotopic (exact) mass is 232 g/mol. The number of nitrogen functional groups attached to an aromatic ring is 1. The number of hydrogen-bond acceptors (Lipinski definition) is 3. The Balaban J connectivity index is 1.87. The van der Waals surface area contributed by atoms with Crippen LogP contribution in [0.5, 0.6) is 0 Å². The molecule has 92 valence electrons. The van der Waals surface area contributed by atoms with Crippen LogP contribution in [0.15, 0.2) is 24.3 Å². The fraction of sp³-hybridized carbons (Fsp3) is 0.571. The lowest BCUT2D eigenvalue weighted by molar-refractivity contribution is 0.121. The van der Waals surface area contributed by atoms with E-state index < -0.39 is 0 Å². The molecule has 1 aromatic rings. The van der Waals surface area contributed by atoms with E-state index in [9.17, 15) is 5.11 Å². The predicted molar refractivity (Wildman–Crippen MR) is 69.9 cm³/mol. The lowest BCUT2D eigenvalue weighted by Crippen LogP contribution is -2.31. The fourth-order valence-electron chi connectivity index (χ4n) is 3.63. The van der Waals surface area contributed by atoms with Crippen LogP contribution in [-0.2, 0) is 0 Å². The molecule has 1 aromatic carbocycles. The molecular weight excluding hydrogens is 212 g/mol. The summed E-state index contributed by atoms with van der Waals surface area (Å²) in [6.07, 6.45) is 3.69. The number of nitrogens with zero attached hydrogens (tertiary/aromatic N) is 1. The van der Waals surface area contributed by atoms with Crippen LogP contribution in [0.4, 0.5) is 11.4 Å². The maximum absolute atomic E-state index is 9.70. The number of nitrogens with two attached hydrogens (primary N) is 1. The van der Waals surface area contributed by atoms with E-state index in [1.807, 2.05) is 18.2 Å². The zero-order chi connectivity index (χ0) is 11.9. The van der Waals surface area contributed by atoms with Crippen LogP contribution in [0, 0.1) is 11.3 Å². The van der Waals surface area contributed by atoms with Crippen LogP contribution in [0.2, 0.25) is 0 Å². The molecule has 3 rings (SSSR count). The first-order valence-corrected chi connectivity index (χ1v) is 6.45. The van der Waals surface area contributed by atoms with Crippen molar-refractivity contribution >= 4 is 11.4 Å². The number of hydrogen-bond donors (Lipinski definition) is 2. The number of rotatable bonds is 2. The van der Waals surface area contributed by atoms with E-state index in [0.717, 1.165) is 30.9 Å². The molecule has 1 saturated carbocycles. The van der Waals surface area contributed by atoms with Gasteiger partial charge < -0.3 is 15.7 Å². The lowest BCUT2D eigenvalue weighted by atomic mass is 9.82. The van der Waals surface area contributed by atoms with Gasteiger partial charge in [-0.25, -0.2) is 0 Å². The lowest BCUT2D eigenvalue weighted by Gasteiger charge is -2.27. The van der Waals surface area contributed by atoms with Gasteiger partial charge in [-0.2, -0.15) is 0 Å².